The normalized spacial score (nSPS) is 24.0. The van der Waals surface area contributed by atoms with Gasteiger partial charge in [0.15, 0.2) is 5.60 Å². The van der Waals surface area contributed by atoms with Crippen LogP contribution < -0.4 is 14.2 Å². The molecule has 49 heavy (non-hydrogen) atoms. The van der Waals surface area contributed by atoms with E-state index in [1.165, 1.54) is 70.0 Å². The third kappa shape index (κ3) is 3.96. The summed E-state index contributed by atoms with van der Waals surface area (Å²) in [5.74, 6) is 3.85. The Bertz CT molecular complexity index is 2280. The minimum absolute atomic E-state index is 0.0210. The van der Waals surface area contributed by atoms with Gasteiger partial charge in [-0.3, -0.25) is 0 Å². The highest BCUT2D eigenvalue weighted by molar-refractivity contribution is 6.08. The van der Waals surface area contributed by atoms with Crippen molar-refractivity contribution in [1.29, 1.82) is 0 Å². The van der Waals surface area contributed by atoms with Gasteiger partial charge >= 0.3 is 0 Å². The number of hydrogen-bond acceptors (Lipinski definition) is 3. The SMILES string of the molecule is COc1cc(OC)cc(C2(c3ccc(-c4ccccc4)cc3)C=Cc3c4c(c5ccccc5c3O2)-c2ccccc2C42CC3CCC2C3)c1. The first kappa shape index (κ1) is 28.7. The highest BCUT2D eigenvalue weighted by Gasteiger charge is 2.58. The van der Waals surface area contributed by atoms with E-state index in [2.05, 4.69) is 127 Å². The average molecular weight is 639 g/mol. The zero-order chi connectivity index (χ0) is 32.7. The quantitative estimate of drug-likeness (QED) is 0.188. The molecule has 0 N–H and O–H groups in total. The van der Waals surface area contributed by atoms with Crippen LogP contribution in [-0.2, 0) is 11.0 Å². The zero-order valence-corrected chi connectivity index (χ0v) is 27.9. The lowest BCUT2D eigenvalue weighted by Gasteiger charge is -2.41. The van der Waals surface area contributed by atoms with Crippen LogP contribution in [0.2, 0.25) is 0 Å². The van der Waals surface area contributed by atoms with Gasteiger partial charge in [0.1, 0.15) is 17.2 Å². The van der Waals surface area contributed by atoms with E-state index in [1.54, 1.807) is 14.2 Å². The molecule has 0 amide bonds. The molecule has 0 saturated heterocycles. The van der Waals surface area contributed by atoms with Gasteiger partial charge in [-0.15, -0.1) is 0 Å². The summed E-state index contributed by atoms with van der Waals surface area (Å²) in [7, 11) is 3.41. The van der Waals surface area contributed by atoms with Gasteiger partial charge in [0.05, 0.1) is 14.2 Å². The Balaban J connectivity index is 1.24. The van der Waals surface area contributed by atoms with E-state index >= 15 is 0 Å². The number of benzene rings is 6. The van der Waals surface area contributed by atoms with Crippen molar-refractivity contribution in [3.8, 4) is 39.5 Å². The molecule has 4 unspecified atom stereocenters. The van der Waals surface area contributed by atoms with Gasteiger partial charge in [0.25, 0.3) is 0 Å². The van der Waals surface area contributed by atoms with Crippen LogP contribution in [0.5, 0.6) is 17.2 Å². The molecular formula is C46H38O3. The minimum Gasteiger partial charge on any atom is -0.497 e. The standard InChI is InChI=1S/C46H38O3/c1-47-35-25-34(26-36(27-35)48-2)46(32-20-17-31(18-21-32)30-10-4-3-5-11-30)23-22-40-43-42(37-12-6-7-13-38(37)44(40)49-46)39-14-8-9-15-41(39)45(43)28-29-16-19-33(45)24-29/h3-15,17-18,20-23,25-27,29,33H,16,19,24,28H2,1-2H3. The Kier molecular flexibility index (Phi) is 6.22. The van der Waals surface area contributed by atoms with E-state index in [0.717, 1.165) is 39.7 Å². The predicted octanol–water partition coefficient (Wildman–Crippen LogP) is 11.0. The van der Waals surface area contributed by atoms with Gasteiger partial charge in [-0.2, -0.15) is 0 Å². The number of ether oxygens (including phenoxy) is 3. The fraction of sp³-hybridized carbons (Fsp3) is 0.217. The summed E-state index contributed by atoms with van der Waals surface area (Å²) in [4.78, 5) is 0. The van der Waals surface area contributed by atoms with E-state index in [4.69, 9.17) is 14.2 Å². The molecule has 0 aromatic heterocycles. The third-order valence-corrected chi connectivity index (χ3v) is 12.1. The monoisotopic (exact) mass is 638 g/mol. The van der Waals surface area contributed by atoms with Crippen molar-refractivity contribution in [3.05, 3.63) is 155 Å². The molecule has 240 valence electrons. The fourth-order valence-corrected chi connectivity index (χ4v) is 10.1. The summed E-state index contributed by atoms with van der Waals surface area (Å²) < 4.78 is 19.3. The van der Waals surface area contributed by atoms with Crippen LogP contribution in [0.25, 0.3) is 39.1 Å². The van der Waals surface area contributed by atoms with Crippen molar-refractivity contribution in [3.63, 3.8) is 0 Å². The maximum Gasteiger partial charge on any atom is 0.178 e. The van der Waals surface area contributed by atoms with Crippen LogP contribution in [-0.4, -0.2) is 14.2 Å². The maximum absolute atomic E-state index is 7.66. The number of methoxy groups -OCH3 is 2. The molecular weight excluding hydrogens is 601 g/mol. The number of rotatable bonds is 5. The Morgan fingerprint density at radius 3 is 2.08 bits per heavy atom. The Morgan fingerprint density at radius 2 is 1.37 bits per heavy atom. The van der Waals surface area contributed by atoms with E-state index in [9.17, 15) is 0 Å². The second kappa shape index (κ2) is 10.6. The molecule has 2 bridgehead atoms. The summed E-state index contributed by atoms with van der Waals surface area (Å²) in [6.45, 7) is 0. The zero-order valence-electron chi connectivity index (χ0n) is 27.9. The van der Waals surface area contributed by atoms with Crippen LogP contribution in [0.4, 0.5) is 0 Å². The van der Waals surface area contributed by atoms with Crippen molar-refractivity contribution in [2.24, 2.45) is 11.8 Å². The van der Waals surface area contributed by atoms with Gasteiger partial charge < -0.3 is 14.2 Å². The van der Waals surface area contributed by atoms with Crippen LogP contribution in [0.3, 0.4) is 0 Å². The summed E-state index contributed by atoms with van der Waals surface area (Å²) in [5, 5.41) is 2.42. The van der Waals surface area contributed by atoms with Crippen LogP contribution >= 0.6 is 0 Å². The molecule has 4 atom stereocenters. The Morgan fingerprint density at radius 1 is 0.673 bits per heavy atom. The fourth-order valence-electron chi connectivity index (χ4n) is 10.1. The molecule has 0 radical (unpaired) electrons. The molecule has 2 fully saturated rings. The third-order valence-electron chi connectivity index (χ3n) is 12.1. The lowest BCUT2D eigenvalue weighted by molar-refractivity contribution is 0.162. The first-order valence-electron chi connectivity index (χ1n) is 17.6. The van der Waals surface area contributed by atoms with Crippen molar-refractivity contribution < 1.29 is 14.2 Å². The van der Waals surface area contributed by atoms with Gasteiger partial charge in [0.2, 0.25) is 0 Å². The summed E-state index contributed by atoms with van der Waals surface area (Å²) in [6.07, 6.45) is 9.87. The van der Waals surface area contributed by atoms with Crippen molar-refractivity contribution in [1.82, 2.24) is 0 Å². The maximum atomic E-state index is 7.66. The highest BCUT2D eigenvalue weighted by Crippen LogP contribution is 2.68. The first-order chi connectivity index (χ1) is 24.1. The Hall–Kier alpha value is -5.28. The van der Waals surface area contributed by atoms with E-state index in [1.807, 2.05) is 6.07 Å². The van der Waals surface area contributed by atoms with Gasteiger partial charge in [-0.1, -0.05) is 116 Å². The topological polar surface area (TPSA) is 27.7 Å². The Labute approximate surface area is 287 Å². The summed E-state index contributed by atoms with van der Waals surface area (Å²) in [5.41, 5.74) is 10.5. The predicted molar refractivity (Wildman–Crippen MR) is 197 cm³/mol. The highest BCUT2D eigenvalue weighted by atomic mass is 16.5. The van der Waals surface area contributed by atoms with Crippen molar-refractivity contribution >= 4 is 16.8 Å². The first-order valence-corrected chi connectivity index (χ1v) is 17.6. The molecule has 3 nitrogen and oxygen atoms in total. The lowest BCUT2D eigenvalue weighted by Crippen LogP contribution is -2.36. The van der Waals surface area contributed by atoms with Gasteiger partial charge in [-0.25, -0.2) is 0 Å². The molecule has 1 aliphatic heterocycles. The van der Waals surface area contributed by atoms with Crippen molar-refractivity contribution in [2.75, 3.05) is 14.2 Å². The molecule has 1 heterocycles. The minimum atomic E-state index is -0.922. The van der Waals surface area contributed by atoms with Gasteiger partial charge in [0, 0.05) is 33.6 Å². The smallest absolute Gasteiger partial charge is 0.178 e. The molecule has 3 aliphatic carbocycles. The van der Waals surface area contributed by atoms with E-state index in [0.29, 0.717) is 5.92 Å². The number of fused-ring (bicyclic) bond motifs is 13. The average Bonchev–Trinajstić information content (AvgIpc) is 3.87. The molecule has 6 aromatic carbocycles. The largest absolute Gasteiger partial charge is 0.497 e. The molecule has 1 spiro atoms. The lowest BCUT2D eigenvalue weighted by atomic mass is 9.65. The molecule has 10 rings (SSSR count). The number of hydrogen-bond donors (Lipinski definition) is 0. The second-order valence-corrected chi connectivity index (χ2v) is 14.4. The summed E-state index contributed by atoms with van der Waals surface area (Å²) in [6, 6.07) is 43.6. The molecule has 6 aromatic rings. The van der Waals surface area contributed by atoms with Crippen LogP contribution in [0, 0.1) is 11.8 Å². The van der Waals surface area contributed by atoms with E-state index < -0.39 is 5.60 Å². The molecule has 2 saturated carbocycles. The second-order valence-electron chi connectivity index (χ2n) is 14.4. The summed E-state index contributed by atoms with van der Waals surface area (Å²) >= 11 is 0. The van der Waals surface area contributed by atoms with Crippen LogP contribution in [0.15, 0.2) is 127 Å². The van der Waals surface area contributed by atoms with Crippen molar-refractivity contribution in [2.45, 2.75) is 36.7 Å². The van der Waals surface area contributed by atoms with Gasteiger partial charge in [-0.05, 0) is 88.1 Å². The molecule has 4 aliphatic rings. The van der Waals surface area contributed by atoms with Crippen LogP contribution in [0.1, 0.15) is 53.5 Å². The molecule has 3 heteroatoms. The van der Waals surface area contributed by atoms with E-state index in [-0.39, 0.29) is 5.41 Å².